The molecule has 1 saturated heterocycles. The second-order valence-corrected chi connectivity index (χ2v) is 3.44. The molecule has 78 valence electrons. The molecule has 0 bridgehead atoms. The van der Waals surface area contributed by atoms with Crippen LogP contribution in [-0.4, -0.2) is 37.3 Å². The summed E-state index contributed by atoms with van der Waals surface area (Å²) < 4.78 is 0. The summed E-state index contributed by atoms with van der Waals surface area (Å²) in [5, 5.41) is 3.33. The highest BCUT2D eigenvalue weighted by atomic mass is 15.2. The number of hydrogen-bond acceptors (Lipinski definition) is 3. The fraction of sp³-hybridized carbons (Fsp3) is 0.545. The summed E-state index contributed by atoms with van der Waals surface area (Å²) in [4.78, 5) is 6.56. The second-order valence-electron chi connectivity index (χ2n) is 3.44. The van der Waals surface area contributed by atoms with Gasteiger partial charge >= 0.3 is 0 Å². The van der Waals surface area contributed by atoms with Crippen LogP contribution in [0.15, 0.2) is 29.0 Å². The maximum atomic E-state index is 4.22. The van der Waals surface area contributed by atoms with Gasteiger partial charge < -0.3 is 10.2 Å². The third-order valence-electron chi connectivity index (χ3n) is 2.20. The molecular formula is C11H19N3. The van der Waals surface area contributed by atoms with Crippen molar-refractivity contribution < 1.29 is 0 Å². The third-order valence-corrected chi connectivity index (χ3v) is 2.20. The minimum Gasteiger partial charge on any atom is -0.368 e. The Hall–Kier alpha value is -1.09. The number of nitrogens with one attached hydrogen (secondary N) is 1. The summed E-state index contributed by atoms with van der Waals surface area (Å²) in [7, 11) is 0. The van der Waals surface area contributed by atoms with Crippen LogP contribution in [0.3, 0.4) is 0 Å². The van der Waals surface area contributed by atoms with Crippen LogP contribution in [0.25, 0.3) is 0 Å². The fourth-order valence-corrected chi connectivity index (χ4v) is 1.44. The van der Waals surface area contributed by atoms with Gasteiger partial charge in [-0.25, -0.2) is 0 Å². The summed E-state index contributed by atoms with van der Waals surface area (Å²) in [5.41, 5.74) is 2.04. The number of allylic oxidation sites excluding steroid dienone is 3. The van der Waals surface area contributed by atoms with E-state index in [1.165, 1.54) is 5.70 Å². The Labute approximate surface area is 86.2 Å². The highest BCUT2D eigenvalue weighted by Crippen LogP contribution is 2.04. The molecule has 0 aliphatic carbocycles. The van der Waals surface area contributed by atoms with E-state index in [-0.39, 0.29) is 0 Å². The van der Waals surface area contributed by atoms with Crippen molar-refractivity contribution in [2.75, 3.05) is 26.2 Å². The smallest absolute Gasteiger partial charge is 0.0509 e. The fourth-order valence-electron chi connectivity index (χ4n) is 1.44. The van der Waals surface area contributed by atoms with Crippen molar-refractivity contribution in [1.82, 2.24) is 10.2 Å². The van der Waals surface area contributed by atoms with Crippen molar-refractivity contribution in [2.45, 2.75) is 13.8 Å². The molecule has 0 aromatic rings. The Kier molecular flexibility index (Phi) is 4.40. The van der Waals surface area contributed by atoms with Gasteiger partial charge in [0.15, 0.2) is 0 Å². The van der Waals surface area contributed by atoms with Crippen LogP contribution in [0, 0.1) is 0 Å². The van der Waals surface area contributed by atoms with E-state index in [2.05, 4.69) is 27.9 Å². The molecular weight excluding hydrogens is 174 g/mol. The third kappa shape index (κ3) is 3.34. The van der Waals surface area contributed by atoms with Crippen LogP contribution in [0.2, 0.25) is 0 Å². The summed E-state index contributed by atoms with van der Waals surface area (Å²) in [5.74, 6) is 0. The first-order chi connectivity index (χ1) is 6.74. The molecule has 1 heterocycles. The molecule has 1 rings (SSSR count). The standard InChI is InChI=1S/C11H19N3/c1-4-11(9-13-10(2)3)14-7-5-12-6-8-14/h4,9,12H,2,5-8H2,1,3H3/b11-4+,13-9-. The summed E-state index contributed by atoms with van der Waals surface area (Å²) >= 11 is 0. The molecule has 0 radical (unpaired) electrons. The first-order valence-electron chi connectivity index (χ1n) is 5.05. The van der Waals surface area contributed by atoms with Gasteiger partial charge in [-0.05, 0) is 13.8 Å². The molecule has 0 spiro atoms. The molecule has 0 aromatic heterocycles. The van der Waals surface area contributed by atoms with Gasteiger partial charge in [0.1, 0.15) is 0 Å². The minimum atomic E-state index is 0.847. The lowest BCUT2D eigenvalue weighted by atomic mass is 10.3. The zero-order valence-electron chi connectivity index (χ0n) is 9.08. The molecule has 0 aromatic carbocycles. The molecule has 3 nitrogen and oxygen atoms in total. The van der Waals surface area contributed by atoms with Gasteiger partial charge in [0, 0.05) is 31.9 Å². The van der Waals surface area contributed by atoms with Gasteiger partial charge in [0.25, 0.3) is 0 Å². The highest BCUT2D eigenvalue weighted by molar-refractivity contribution is 5.78. The van der Waals surface area contributed by atoms with E-state index < -0.39 is 0 Å². The Balaban J connectivity index is 2.57. The number of rotatable bonds is 3. The molecule has 0 atom stereocenters. The van der Waals surface area contributed by atoms with Crippen LogP contribution in [0.4, 0.5) is 0 Å². The average Bonchev–Trinajstić information content (AvgIpc) is 2.20. The van der Waals surface area contributed by atoms with E-state index in [9.17, 15) is 0 Å². The predicted octanol–water partition coefficient (Wildman–Crippen LogP) is 1.40. The van der Waals surface area contributed by atoms with Gasteiger partial charge in [0.2, 0.25) is 0 Å². The van der Waals surface area contributed by atoms with Crippen molar-refractivity contribution in [3.05, 3.63) is 24.0 Å². The lowest BCUT2D eigenvalue weighted by Crippen LogP contribution is -2.43. The van der Waals surface area contributed by atoms with Crippen LogP contribution >= 0.6 is 0 Å². The van der Waals surface area contributed by atoms with E-state index in [0.717, 1.165) is 31.9 Å². The van der Waals surface area contributed by atoms with Crippen LogP contribution in [0.1, 0.15) is 13.8 Å². The zero-order chi connectivity index (χ0) is 10.4. The van der Waals surface area contributed by atoms with E-state index in [0.29, 0.717) is 0 Å². The molecule has 0 unspecified atom stereocenters. The first-order valence-corrected chi connectivity index (χ1v) is 5.05. The lowest BCUT2D eigenvalue weighted by molar-refractivity contribution is 0.312. The molecule has 1 fully saturated rings. The molecule has 1 N–H and O–H groups in total. The molecule has 14 heavy (non-hydrogen) atoms. The van der Waals surface area contributed by atoms with Crippen molar-refractivity contribution in [2.24, 2.45) is 4.99 Å². The summed E-state index contributed by atoms with van der Waals surface area (Å²) in [6.07, 6.45) is 3.99. The molecule has 1 aliphatic rings. The van der Waals surface area contributed by atoms with Crippen molar-refractivity contribution in [3.63, 3.8) is 0 Å². The topological polar surface area (TPSA) is 27.6 Å². The van der Waals surface area contributed by atoms with Gasteiger partial charge in [-0.15, -0.1) is 0 Å². The first kappa shape index (κ1) is 11.0. The quantitative estimate of drug-likeness (QED) is 0.686. The molecule has 0 amide bonds. The Morgan fingerprint density at radius 1 is 1.43 bits per heavy atom. The number of aliphatic imine (C=N–C) groups is 1. The maximum absolute atomic E-state index is 4.22. The van der Waals surface area contributed by atoms with Gasteiger partial charge in [-0.3, -0.25) is 4.99 Å². The zero-order valence-corrected chi connectivity index (χ0v) is 9.08. The lowest BCUT2D eigenvalue weighted by Gasteiger charge is -2.29. The van der Waals surface area contributed by atoms with Crippen molar-refractivity contribution in [1.29, 1.82) is 0 Å². The SMILES string of the molecule is C=C(C)/N=C\C(=C/C)N1CCNCC1. The molecule has 1 aliphatic heterocycles. The Morgan fingerprint density at radius 2 is 2.07 bits per heavy atom. The van der Waals surface area contributed by atoms with E-state index >= 15 is 0 Å². The van der Waals surface area contributed by atoms with Crippen LogP contribution in [0.5, 0.6) is 0 Å². The van der Waals surface area contributed by atoms with E-state index in [1.54, 1.807) is 0 Å². The van der Waals surface area contributed by atoms with Gasteiger partial charge in [-0.2, -0.15) is 0 Å². The summed E-state index contributed by atoms with van der Waals surface area (Å²) in [6, 6.07) is 0. The van der Waals surface area contributed by atoms with E-state index in [4.69, 9.17) is 0 Å². The van der Waals surface area contributed by atoms with Crippen LogP contribution in [-0.2, 0) is 0 Å². The molecule has 3 heteroatoms. The largest absolute Gasteiger partial charge is 0.368 e. The maximum Gasteiger partial charge on any atom is 0.0509 e. The number of hydrogen-bond donors (Lipinski definition) is 1. The normalized spacial score (nSPS) is 19.0. The summed E-state index contributed by atoms with van der Waals surface area (Å²) in [6.45, 7) is 11.9. The average molecular weight is 193 g/mol. The number of piperazine rings is 1. The highest BCUT2D eigenvalue weighted by Gasteiger charge is 2.10. The Morgan fingerprint density at radius 3 is 2.57 bits per heavy atom. The van der Waals surface area contributed by atoms with E-state index in [1.807, 2.05) is 20.1 Å². The van der Waals surface area contributed by atoms with Crippen LogP contribution < -0.4 is 5.32 Å². The van der Waals surface area contributed by atoms with Crippen molar-refractivity contribution >= 4 is 6.21 Å². The monoisotopic (exact) mass is 193 g/mol. The van der Waals surface area contributed by atoms with Crippen molar-refractivity contribution in [3.8, 4) is 0 Å². The predicted molar refractivity (Wildman–Crippen MR) is 61.5 cm³/mol. The van der Waals surface area contributed by atoms with Gasteiger partial charge in [-0.1, -0.05) is 12.7 Å². The second kappa shape index (κ2) is 5.60. The number of nitrogens with zero attached hydrogens (tertiary/aromatic N) is 2. The Bertz CT molecular complexity index is 247. The molecule has 0 saturated carbocycles. The van der Waals surface area contributed by atoms with Gasteiger partial charge in [0.05, 0.1) is 11.9 Å². The minimum absolute atomic E-state index is 0.847.